The smallest absolute Gasteiger partial charge is 0.237 e. The molecular formula is C31H39N3O2. The first kappa shape index (κ1) is 22.8. The summed E-state index contributed by atoms with van der Waals surface area (Å²) in [5.41, 5.74) is 4.71. The second kappa shape index (κ2) is 8.05. The van der Waals surface area contributed by atoms with Gasteiger partial charge in [-0.05, 0) is 106 Å². The predicted molar refractivity (Wildman–Crippen MR) is 143 cm³/mol. The molecule has 36 heavy (non-hydrogen) atoms. The fourth-order valence-corrected chi connectivity index (χ4v) is 9.28. The summed E-state index contributed by atoms with van der Waals surface area (Å²) in [6.45, 7) is 6.36. The average Bonchev–Trinajstić information content (AvgIpc) is 3.23. The van der Waals surface area contributed by atoms with Gasteiger partial charge in [0.25, 0.3) is 0 Å². The van der Waals surface area contributed by atoms with Gasteiger partial charge in [0.15, 0.2) is 0 Å². The summed E-state index contributed by atoms with van der Waals surface area (Å²) in [6, 6.07) is 6.73. The van der Waals surface area contributed by atoms with Crippen LogP contribution in [-0.4, -0.2) is 58.9 Å². The minimum atomic E-state index is -0.147. The second-order valence-electron chi connectivity index (χ2n) is 12.6. The molecule has 2 aromatic rings. The van der Waals surface area contributed by atoms with E-state index in [9.17, 15) is 9.59 Å². The van der Waals surface area contributed by atoms with Crippen molar-refractivity contribution in [2.24, 2.45) is 29.1 Å². The van der Waals surface area contributed by atoms with E-state index >= 15 is 0 Å². The number of aromatic nitrogens is 1. The van der Waals surface area contributed by atoms with Crippen LogP contribution in [0, 0.1) is 29.1 Å². The Hall–Kier alpha value is -2.40. The van der Waals surface area contributed by atoms with Gasteiger partial charge in [-0.1, -0.05) is 18.2 Å². The molecule has 5 aliphatic carbocycles. The number of carbonyl (C=O) groups is 2. The highest BCUT2D eigenvalue weighted by Gasteiger charge is 2.55. The van der Waals surface area contributed by atoms with Gasteiger partial charge >= 0.3 is 0 Å². The van der Waals surface area contributed by atoms with Gasteiger partial charge in [0.2, 0.25) is 11.8 Å². The fourth-order valence-electron chi connectivity index (χ4n) is 9.28. The van der Waals surface area contributed by atoms with Crippen LogP contribution in [0.5, 0.6) is 0 Å². The zero-order valence-electron chi connectivity index (χ0n) is 22.0. The topological polar surface area (TPSA) is 45.6 Å². The summed E-state index contributed by atoms with van der Waals surface area (Å²) in [4.78, 5) is 31.9. The Kier molecular flexibility index (Phi) is 5.09. The van der Waals surface area contributed by atoms with Crippen LogP contribution in [0.3, 0.4) is 0 Å². The third-order valence-electron chi connectivity index (χ3n) is 10.5. The highest BCUT2D eigenvalue weighted by atomic mass is 16.2. The summed E-state index contributed by atoms with van der Waals surface area (Å²) in [5.74, 6) is 2.75. The molecule has 8 rings (SSSR count). The Balaban J connectivity index is 1.30. The summed E-state index contributed by atoms with van der Waals surface area (Å²) in [7, 11) is 2.16. The Morgan fingerprint density at radius 1 is 1.03 bits per heavy atom. The first-order valence-corrected chi connectivity index (χ1v) is 14.3. The zero-order chi connectivity index (χ0) is 24.8. The minimum Gasteiger partial charge on any atom is -0.343 e. The lowest BCUT2D eigenvalue weighted by Gasteiger charge is -2.55. The molecule has 4 fully saturated rings. The molecule has 0 saturated heterocycles. The zero-order valence-corrected chi connectivity index (χ0v) is 22.0. The molecule has 4 bridgehead atoms. The normalized spacial score (nSPS) is 34.5. The molecule has 5 nitrogen and oxygen atoms in total. The lowest BCUT2D eigenvalue weighted by molar-refractivity contribution is -0.134. The van der Waals surface area contributed by atoms with Crippen molar-refractivity contribution < 1.29 is 9.59 Å². The van der Waals surface area contributed by atoms with Gasteiger partial charge in [0.1, 0.15) is 0 Å². The SMILES string of the molecule is CCN(CC)C(=O)[C@@H]1C=C2c3cccc4c3c(cn4C(=O)C34CC5CC(CC(C5)C3)C4)C[C@H]2N(C)C1. The van der Waals surface area contributed by atoms with Crippen molar-refractivity contribution in [3.63, 3.8) is 0 Å². The Labute approximate surface area is 214 Å². The summed E-state index contributed by atoms with van der Waals surface area (Å²) in [6.07, 6.45) is 12.7. The van der Waals surface area contributed by atoms with Crippen LogP contribution in [0.1, 0.15) is 68.3 Å². The first-order valence-electron chi connectivity index (χ1n) is 14.3. The second-order valence-corrected chi connectivity index (χ2v) is 12.6. The molecule has 6 aliphatic rings. The van der Waals surface area contributed by atoms with Crippen molar-refractivity contribution in [2.75, 3.05) is 26.7 Å². The van der Waals surface area contributed by atoms with Gasteiger partial charge in [-0.25, -0.2) is 0 Å². The third kappa shape index (κ3) is 3.17. The number of hydrogen-bond acceptors (Lipinski definition) is 3. The number of fused-ring (bicyclic) bond motifs is 2. The van der Waals surface area contributed by atoms with Crippen molar-refractivity contribution in [1.29, 1.82) is 0 Å². The van der Waals surface area contributed by atoms with E-state index in [0.717, 1.165) is 68.6 Å². The first-order chi connectivity index (χ1) is 17.4. The molecule has 0 unspecified atom stereocenters. The van der Waals surface area contributed by atoms with Crippen molar-refractivity contribution in [2.45, 2.75) is 64.8 Å². The van der Waals surface area contributed by atoms with E-state index in [0.29, 0.717) is 5.91 Å². The Morgan fingerprint density at radius 2 is 1.69 bits per heavy atom. The number of benzene rings is 1. The van der Waals surface area contributed by atoms with E-state index in [1.807, 2.05) is 4.90 Å². The van der Waals surface area contributed by atoms with Crippen LogP contribution >= 0.6 is 0 Å². The van der Waals surface area contributed by atoms with E-state index in [-0.39, 0.29) is 23.3 Å². The molecule has 1 aromatic heterocycles. The van der Waals surface area contributed by atoms with Crippen LogP contribution in [-0.2, 0) is 11.2 Å². The number of nitrogens with zero attached hydrogens (tertiary/aromatic N) is 3. The number of rotatable bonds is 4. The number of likely N-dealkylation sites (N-methyl/N-ethyl adjacent to an activating group) is 1. The molecule has 2 atom stereocenters. The number of amides is 1. The lowest BCUT2D eigenvalue weighted by Crippen LogP contribution is -2.51. The molecular weight excluding hydrogens is 446 g/mol. The van der Waals surface area contributed by atoms with Gasteiger partial charge in [-0.3, -0.25) is 19.1 Å². The largest absolute Gasteiger partial charge is 0.343 e. The molecule has 0 radical (unpaired) electrons. The van der Waals surface area contributed by atoms with E-state index < -0.39 is 0 Å². The molecule has 0 N–H and O–H groups in total. The Bertz CT molecular complexity index is 1250. The maximum Gasteiger partial charge on any atom is 0.237 e. The minimum absolute atomic E-state index is 0.117. The van der Waals surface area contributed by atoms with Gasteiger partial charge < -0.3 is 4.90 Å². The van der Waals surface area contributed by atoms with Gasteiger partial charge in [-0.15, -0.1) is 0 Å². The molecule has 0 spiro atoms. The number of hydrogen-bond donors (Lipinski definition) is 0. The monoisotopic (exact) mass is 485 g/mol. The lowest BCUT2D eigenvalue weighted by atomic mass is 9.49. The van der Waals surface area contributed by atoms with Crippen LogP contribution < -0.4 is 0 Å². The number of carbonyl (C=O) groups excluding carboxylic acids is 2. The van der Waals surface area contributed by atoms with Crippen LogP contribution in [0.15, 0.2) is 30.5 Å². The summed E-state index contributed by atoms with van der Waals surface area (Å²) < 4.78 is 2.05. The highest BCUT2D eigenvalue weighted by molar-refractivity contribution is 6.04. The van der Waals surface area contributed by atoms with Crippen molar-refractivity contribution >= 4 is 28.3 Å². The molecule has 190 valence electrons. The molecule has 1 aliphatic heterocycles. The van der Waals surface area contributed by atoms with E-state index in [1.54, 1.807) is 0 Å². The van der Waals surface area contributed by atoms with Gasteiger partial charge in [0.05, 0.1) is 16.8 Å². The van der Waals surface area contributed by atoms with E-state index in [2.05, 4.69) is 60.8 Å². The van der Waals surface area contributed by atoms with E-state index in [4.69, 9.17) is 0 Å². The highest BCUT2D eigenvalue weighted by Crippen LogP contribution is 2.60. The van der Waals surface area contributed by atoms with Crippen molar-refractivity contribution in [3.8, 4) is 0 Å². The molecule has 5 heteroatoms. The van der Waals surface area contributed by atoms with Gasteiger partial charge in [0, 0.05) is 37.3 Å². The van der Waals surface area contributed by atoms with Crippen molar-refractivity contribution in [3.05, 3.63) is 41.6 Å². The fraction of sp³-hybridized carbons (Fsp3) is 0.613. The molecule has 1 aromatic carbocycles. The molecule has 1 amide bonds. The van der Waals surface area contributed by atoms with E-state index in [1.165, 1.54) is 41.3 Å². The summed E-state index contributed by atoms with van der Waals surface area (Å²) >= 11 is 0. The van der Waals surface area contributed by atoms with Gasteiger partial charge in [-0.2, -0.15) is 0 Å². The standard InChI is InChI=1S/C31H39N3O2/c1-4-33(5-2)29(35)23-12-25-24-7-6-8-26-28(24)22(13-27(25)32(3)17-23)18-34(26)30(36)31-14-19-9-20(15-31)11-21(10-19)16-31/h6-8,12,18-21,23,27H,4-5,9-11,13-17H2,1-3H3/t19?,20?,21?,23-,27-,31?/m1/s1. The maximum absolute atomic E-state index is 14.3. The maximum atomic E-state index is 14.3. The summed E-state index contributed by atoms with van der Waals surface area (Å²) in [5, 5.41) is 1.24. The quantitative estimate of drug-likeness (QED) is 0.595. The molecule has 4 saturated carbocycles. The Morgan fingerprint density at radius 3 is 2.33 bits per heavy atom. The average molecular weight is 486 g/mol. The third-order valence-corrected chi connectivity index (χ3v) is 10.5. The molecule has 2 heterocycles. The van der Waals surface area contributed by atoms with Crippen LogP contribution in [0.2, 0.25) is 0 Å². The van der Waals surface area contributed by atoms with Crippen LogP contribution in [0.4, 0.5) is 0 Å². The van der Waals surface area contributed by atoms with Crippen LogP contribution in [0.25, 0.3) is 16.5 Å². The van der Waals surface area contributed by atoms with Crippen molar-refractivity contribution in [1.82, 2.24) is 14.4 Å². The predicted octanol–water partition coefficient (Wildman–Crippen LogP) is 5.24.